The highest BCUT2D eigenvalue weighted by Crippen LogP contribution is 2.27. The fraction of sp³-hybridized carbons (Fsp3) is 0.625. The van der Waals surface area contributed by atoms with Crippen LogP contribution in [0.1, 0.15) is 50.5 Å². The zero-order valence-corrected chi connectivity index (χ0v) is 11.2. The number of benzene rings is 1. The Hall–Kier alpha value is -0.960. The maximum Gasteiger partial charge on any atom is 0.129 e. The Balaban J connectivity index is 1.96. The van der Waals surface area contributed by atoms with Gasteiger partial charge in [0.2, 0.25) is 0 Å². The molecule has 0 aliphatic heterocycles. The number of halogens is 2. The predicted octanol–water partition coefficient (Wildman–Crippen LogP) is 4.23. The Kier molecular flexibility index (Phi) is 5.32. The summed E-state index contributed by atoms with van der Waals surface area (Å²) < 4.78 is 26.4. The Labute approximate surface area is 113 Å². The third-order valence-electron chi connectivity index (χ3n) is 4.14. The molecule has 1 aromatic rings. The lowest BCUT2D eigenvalue weighted by atomic mass is 9.85. The molecule has 1 nitrogen and oxygen atoms in total. The minimum atomic E-state index is -0.568. The van der Waals surface area contributed by atoms with Gasteiger partial charge < -0.3 is 5.11 Å². The van der Waals surface area contributed by atoms with Crippen LogP contribution in [0.3, 0.4) is 0 Å². The average Bonchev–Trinajstić information content (AvgIpc) is 2.32. The van der Waals surface area contributed by atoms with Gasteiger partial charge in [-0.15, -0.1) is 0 Å². The lowest BCUT2D eigenvalue weighted by Crippen LogP contribution is -2.24. The standard InChI is InChI=1S/C16H22F2O/c17-14-9-8-13(15(18)11-14)10-16(19)12-6-4-2-1-3-5-7-12/h8-9,11-12,16,19H,1-7,10H2. The highest BCUT2D eigenvalue weighted by Gasteiger charge is 2.21. The van der Waals surface area contributed by atoms with Crippen molar-refractivity contribution in [3.63, 3.8) is 0 Å². The van der Waals surface area contributed by atoms with Crippen LogP contribution in [0.4, 0.5) is 8.78 Å². The molecule has 19 heavy (non-hydrogen) atoms. The molecule has 0 radical (unpaired) electrons. The highest BCUT2D eigenvalue weighted by molar-refractivity contribution is 5.19. The predicted molar refractivity (Wildman–Crippen MR) is 71.9 cm³/mol. The van der Waals surface area contributed by atoms with Crippen molar-refractivity contribution in [2.24, 2.45) is 5.92 Å². The molecule has 1 fully saturated rings. The molecule has 0 amide bonds. The van der Waals surface area contributed by atoms with Crippen LogP contribution in [-0.2, 0) is 6.42 Å². The van der Waals surface area contributed by atoms with Crippen molar-refractivity contribution in [2.45, 2.75) is 57.5 Å². The molecule has 1 aliphatic carbocycles. The molecule has 106 valence electrons. The monoisotopic (exact) mass is 268 g/mol. The highest BCUT2D eigenvalue weighted by atomic mass is 19.1. The van der Waals surface area contributed by atoms with Gasteiger partial charge in [-0.2, -0.15) is 0 Å². The van der Waals surface area contributed by atoms with Crippen LogP contribution in [0, 0.1) is 17.6 Å². The fourth-order valence-corrected chi connectivity index (χ4v) is 2.95. The summed E-state index contributed by atoms with van der Waals surface area (Å²) in [5.41, 5.74) is 0.413. The Morgan fingerprint density at radius 1 is 1.05 bits per heavy atom. The number of aliphatic hydroxyl groups is 1. The van der Waals surface area contributed by atoms with Gasteiger partial charge >= 0.3 is 0 Å². The minimum Gasteiger partial charge on any atom is -0.392 e. The second-order valence-electron chi connectivity index (χ2n) is 5.61. The van der Waals surface area contributed by atoms with Crippen LogP contribution < -0.4 is 0 Å². The van der Waals surface area contributed by atoms with Gasteiger partial charge in [-0.25, -0.2) is 8.78 Å². The lowest BCUT2D eigenvalue weighted by Gasteiger charge is -2.25. The number of rotatable bonds is 3. The van der Waals surface area contributed by atoms with Crippen molar-refractivity contribution in [1.29, 1.82) is 0 Å². The van der Waals surface area contributed by atoms with Crippen LogP contribution in [0.2, 0.25) is 0 Å². The van der Waals surface area contributed by atoms with Crippen molar-refractivity contribution >= 4 is 0 Å². The van der Waals surface area contributed by atoms with Gasteiger partial charge in [-0.05, 0) is 30.4 Å². The van der Waals surface area contributed by atoms with E-state index >= 15 is 0 Å². The molecule has 1 N–H and O–H groups in total. The van der Waals surface area contributed by atoms with E-state index < -0.39 is 17.7 Å². The largest absolute Gasteiger partial charge is 0.392 e. The molecule has 3 heteroatoms. The number of hydrogen-bond donors (Lipinski definition) is 1. The molecule has 1 saturated carbocycles. The van der Waals surface area contributed by atoms with E-state index in [1.807, 2.05) is 0 Å². The van der Waals surface area contributed by atoms with E-state index in [9.17, 15) is 13.9 Å². The van der Waals surface area contributed by atoms with Crippen molar-refractivity contribution < 1.29 is 13.9 Å². The Morgan fingerprint density at radius 2 is 1.68 bits per heavy atom. The summed E-state index contributed by atoms with van der Waals surface area (Å²) >= 11 is 0. The molecule has 1 aliphatic rings. The molecule has 1 atom stereocenters. The topological polar surface area (TPSA) is 20.2 Å². The van der Waals surface area contributed by atoms with Gasteiger partial charge in [0, 0.05) is 12.5 Å². The Bertz CT molecular complexity index is 398. The molecule has 2 rings (SSSR count). The summed E-state index contributed by atoms with van der Waals surface area (Å²) in [5, 5.41) is 10.3. The van der Waals surface area contributed by atoms with Gasteiger partial charge in [0.05, 0.1) is 6.10 Å². The first-order valence-corrected chi connectivity index (χ1v) is 7.29. The van der Waals surface area contributed by atoms with Gasteiger partial charge in [0.1, 0.15) is 11.6 Å². The SMILES string of the molecule is OC(Cc1ccc(F)cc1F)C1CCCCCCC1. The summed E-state index contributed by atoms with van der Waals surface area (Å²) in [6, 6.07) is 3.58. The molecule has 0 bridgehead atoms. The summed E-state index contributed by atoms with van der Waals surface area (Å²) in [7, 11) is 0. The van der Waals surface area contributed by atoms with Crippen molar-refractivity contribution in [1.82, 2.24) is 0 Å². The van der Waals surface area contributed by atoms with Gasteiger partial charge in [0.25, 0.3) is 0 Å². The van der Waals surface area contributed by atoms with Gasteiger partial charge in [-0.1, -0.05) is 38.2 Å². The first kappa shape index (κ1) is 14.4. The summed E-state index contributed by atoms with van der Waals surface area (Å²) in [4.78, 5) is 0. The second kappa shape index (κ2) is 6.99. The van der Waals surface area contributed by atoms with Crippen LogP contribution in [0.15, 0.2) is 18.2 Å². The number of aliphatic hydroxyl groups excluding tert-OH is 1. The van der Waals surface area contributed by atoms with E-state index in [1.165, 1.54) is 31.4 Å². The first-order chi connectivity index (χ1) is 9.16. The molecule has 0 spiro atoms. The van der Waals surface area contributed by atoms with Crippen LogP contribution in [-0.4, -0.2) is 11.2 Å². The lowest BCUT2D eigenvalue weighted by molar-refractivity contribution is 0.0905. The average molecular weight is 268 g/mol. The van der Waals surface area contributed by atoms with E-state index in [-0.39, 0.29) is 12.3 Å². The van der Waals surface area contributed by atoms with E-state index in [1.54, 1.807) is 0 Å². The minimum absolute atomic E-state index is 0.254. The maximum atomic E-state index is 13.6. The summed E-state index contributed by atoms with van der Waals surface area (Å²) in [6.45, 7) is 0. The maximum absolute atomic E-state index is 13.6. The molecule has 0 aromatic heterocycles. The zero-order valence-electron chi connectivity index (χ0n) is 11.2. The fourth-order valence-electron chi connectivity index (χ4n) is 2.95. The van der Waals surface area contributed by atoms with E-state index in [0.29, 0.717) is 5.56 Å². The number of hydrogen-bond acceptors (Lipinski definition) is 1. The van der Waals surface area contributed by atoms with Crippen molar-refractivity contribution in [3.05, 3.63) is 35.4 Å². The van der Waals surface area contributed by atoms with Gasteiger partial charge in [0.15, 0.2) is 0 Å². The van der Waals surface area contributed by atoms with Crippen LogP contribution >= 0.6 is 0 Å². The van der Waals surface area contributed by atoms with Crippen molar-refractivity contribution in [3.8, 4) is 0 Å². The zero-order chi connectivity index (χ0) is 13.7. The van der Waals surface area contributed by atoms with Crippen molar-refractivity contribution in [2.75, 3.05) is 0 Å². The molecule has 1 unspecified atom stereocenters. The van der Waals surface area contributed by atoms with Crippen LogP contribution in [0.25, 0.3) is 0 Å². The third-order valence-corrected chi connectivity index (χ3v) is 4.14. The third kappa shape index (κ3) is 4.27. The normalized spacial score (nSPS) is 19.7. The first-order valence-electron chi connectivity index (χ1n) is 7.29. The van der Waals surface area contributed by atoms with Crippen LogP contribution in [0.5, 0.6) is 0 Å². The molecule has 1 aromatic carbocycles. The molecular weight excluding hydrogens is 246 g/mol. The summed E-state index contributed by atoms with van der Waals surface area (Å²) in [6.07, 6.45) is 7.85. The van der Waals surface area contributed by atoms with E-state index in [4.69, 9.17) is 0 Å². The summed E-state index contributed by atoms with van der Waals surface area (Å²) in [5.74, 6) is -0.864. The van der Waals surface area contributed by atoms with E-state index in [2.05, 4.69) is 0 Å². The van der Waals surface area contributed by atoms with E-state index in [0.717, 1.165) is 31.7 Å². The van der Waals surface area contributed by atoms with Gasteiger partial charge in [-0.3, -0.25) is 0 Å². The quantitative estimate of drug-likeness (QED) is 0.869. The second-order valence-corrected chi connectivity index (χ2v) is 5.61. The molecular formula is C16H22F2O. The smallest absolute Gasteiger partial charge is 0.129 e. The molecule has 0 heterocycles. The molecule has 0 saturated heterocycles. The Morgan fingerprint density at radius 3 is 2.32 bits per heavy atom.